The fraction of sp³-hybridized carbons (Fsp3) is 0.875. The molecular weight excluding hydrogens is 385 g/mol. The second-order valence-corrected chi connectivity index (χ2v) is 5.24. The van der Waals surface area contributed by atoms with Crippen molar-refractivity contribution in [3.8, 4) is 0 Å². The van der Waals surface area contributed by atoms with Gasteiger partial charge in [0.1, 0.15) is 0 Å². The van der Waals surface area contributed by atoms with Crippen molar-refractivity contribution in [1.29, 1.82) is 0 Å². The van der Waals surface area contributed by atoms with Crippen molar-refractivity contribution < 1.29 is 53.0 Å². The van der Waals surface area contributed by atoms with Gasteiger partial charge in [-0.2, -0.15) is 48.3 Å². The van der Waals surface area contributed by atoms with Crippen LogP contribution in [0.15, 0.2) is 0 Å². The Morgan fingerprint density at radius 3 is 1.55 bits per heavy atom. The zero-order valence-electron chi connectivity index (χ0n) is 10.1. The number of hydrogen-bond acceptors (Lipinski definition) is 3. The number of rotatable bonds is 5. The fourth-order valence-electron chi connectivity index (χ4n) is 0.874. The van der Waals surface area contributed by atoms with E-state index in [9.17, 15) is 48.3 Å². The standard InChI is InChI=1S/C8H5F11OS2/c1-2-20-3(21)22-8(18,19)6(13,14)4(9,10)5(11,12)7(15,16)17/h2H2,1H3. The molecule has 14 heteroatoms. The van der Waals surface area contributed by atoms with Crippen LogP contribution in [-0.2, 0) is 4.74 Å². The number of alkyl halides is 11. The Balaban J connectivity index is 5.74. The molecule has 0 rings (SSSR count). The molecule has 0 saturated heterocycles. The quantitative estimate of drug-likeness (QED) is 0.478. The molecule has 0 aromatic heterocycles. The van der Waals surface area contributed by atoms with E-state index in [0.29, 0.717) is 0 Å². The van der Waals surface area contributed by atoms with Crippen LogP contribution in [-0.4, -0.2) is 40.2 Å². The van der Waals surface area contributed by atoms with Crippen LogP contribution in [0.3, 0.4) is 0 Å². The van der Waals surface area contributed by atoms with Crippen molar-refractivity contribution in [2.24, 2.45) is 0 Å². The molecule has 0 aliphatic heterocycles. The average molecular weight is 390 g/mol. The minimum atomic E-state index is -7.43. The molecule has 0 radical (unpaired) electrons. The van der Waals surface area contributed by atoms with E-state index < -0.39 is 51.9 Å². The fourth-order valence-corrected chi connectivity index (χ4v) is 1.95. The maximum Gasteiger partial charge on any atom is 0.460 e. The Hall–Kier alpha value is -0.530. The van der Waals surface area contributed by atoms with Gasteiger partial charge in [0.15, 0.2) is 0 Å². The molecule has 0 aliphatic carbocycles. The van der Waals surface area contributed by atoms with Gasteiger partial charge >= 0.3 is 29.2 Å². The van der Waals surface area contributed by atoms with Gasteiger partial charge in [0.05, 0.1) is 6.61 Å². The molecule has 0 N–H and O–H groups in total. The summed E-state index contributed by atoms with van der Waals surface area (Å²) in [7, 11) is 0. The lowest BCUT2D eigenvalue weighted by Crippen LogP contribution is -2.65. The highest BCUT2D eigenvalue weighted by molar-refractivity contribution is 8.23. The van der Waals surface area contributed by atoms with Gasteiger partial charge in [0.2, 0.25) is 4.38 Å². The summed E-state index contributed by atoms with van der Waals surface area (Å²) in [5.41, 5.74) is 0. The van der Waals surface area contributed by atoms with Gasteiger partial charge in [-0.1, -0.05) is 0 Å². The van der Waals surface area contributed by atoms with Crippen LogP contribution in [0.2, 0.25) is 0 Å². The topological polar surface area (TPSA) is 9.23 Å². The predicted octanol–water partition coefficient (Wildman–Crippen LogP) is 5.10. The molecule has 0 heterocycles. The monoisotopic (exact) mass is 390 g/mol. The largest absolute Gasteiger partial charge is 0.479 e. The number of thioether (sulfide) groups is 1. The molecule has 0 fully saturated rings. The van der Waals surface area contributed by atoms with Crippen LogP contribution in [0.5, 0.6) is 0 Å². The van der Waals surface area contributed by atoms with Gasteiger partial charge in [-0.05, 0) is 19.1 Å². The number of ether oxygens (including phenoxy) is 1. The van der Waals surface area contributed by atoms with E-state index in [4.69, 9.17) is 0 Å². The SMILES string of the molecule is CCOC(=S)SC(F)(F)C(F)(F)C(F)(F)C(F)(F)C(F)(F)F. The summed E-state index contributed by atoms with van der Waals surface area (Å²) in [4.78, 5) is 0. The van der Waals surface area contributed by atoms with Crippen LogP contribution in [0, 0.1) is 0 Å². The third-order valence-electron chi connectivity index (χ3n) is 1.98. The molecule has 0 aromatic carbocycles. The lowest BCUT2D eigenvalue weighted by molar-refractivity contribution is -0.412. The lowest BCUT2D eigenvalue weighted by atomic mass is 10.0. The van der Waals surface area contributed by atoms with E-state index in [1.807, 2.05) is 0 Å². The molecule has 22 heavy (non-hydrogen) atoms. The molecule has 0 bridgehead atoms. The summed E-state index contributed by atoms with van der Waals surface area (Å²) in [6.45, 7) is 0.679. The third kappa shape index (κ3) is 3.51. The number of halogens is 11. The first-order chi connectivity index (χ1) is 9.45. The van der Waals surface area contributed by atoms with Gasteiger partial charge in [-0.15, -0.1) is 0 Å². The van der Waals surface area contributed by atoms with E-state index in [1.165, 1.54) is 0 Å². The normalized spacial score (nSPS) is 14.9. The molecule has 0 spiro atoms. The van der Waals surface area contributed by atoms with Crippen molar-refractivity contribution >= 4 is 28.4 Å². The smallest absolute Gasteiger partial charge is 0.460 e. The first kappa shape index (κ1) is 21.5. The highest BCUT2D eigenvalue weighted by atomic mass is 32.2. The van der Waals surface area contributed by atoms with Gasteiger partial charge < -0.3 is 4.74 Å². The van der Waals surface area contributed by atoms with Crippen LogP contribution >= 0.6 is 24.0 Å². The van der Waals surface area contributed by atoms with Gasteiger partial charge in [0, 0.05) is 11.8 Å². The van der Waals surface area contributed by atoms with E-state index in [-0.39, 0.29) is 0 Å². The van der Waals surface area contributed by atoms with E-state index in [2.05, 4.69) is 17.0 Å². The van der Waals surface area contributed by atoms with Crippen molar-refractivity contribution in [2.45, 2.75) is 36.1 Å². The summed E-state index contributed by atoms with van der Waals surface area (Å²) < 4.78 is 141. The lowest BCUT2D eigenvalue weighted by Gasteiger charge is -2.36. The van der Waals surface area contributed by atoms with E-state index in [1.54, 1.807) is 0 Å². The molecule has 0 atom stereocenters. The first-order valence-corrected chi connectivity index (χ1v) is 6.12. The molecule has 1 nitrogen and oxygen atoms in total. The summed E-state index contributed by atoms with van der Waals surface area (Å²) >= 11 is 2.36. The first-order valence-electron chi connectivity index (χ1n) is 4.89. The van der Waals surface area contributed by atoms with E-state index >= 15 is 0 Å². The van der Waals surface area contributed by atoms with E-state index in [0.717, 1.165) is 6.92 Å². The Labute approximate surface area is 125 Å². The second-order valence-electron chi connectivity index (χ2n) is 3.52. The van der Waals surface area contributed by atoms with Gasteiger partial charge in [-0.25, -0.2) is 0 Å². The summed E-state index contributed by atoms with van der Waals surface area (Å²) in [6, 6.07) is 0. The number of hydrogen-bond donors (Lipinski definition) is 0. The van der Waals surface area contributed by atoms with Crippen molar-refractivity contribution in [3.63, 3.8) is 0 Å². The van der Waals surface area contributed by atoms with Crippen molar-refractivity contribution in [2.75, 3.05) is 6.61 Å². The highest BCUT2D eigenvalue weighted by Crippen LogP contribution is 2.59. The third-order valence-corrected chi connectivity index (χ3v) is 3.15. The Kier molecular flexibility index (Phi) is 6.02. The molecule has 0 aromatic rings. The molecule has 132 valence electrons. The molecule has 0 amide bonds. The molecule has 0 aliphatic rings. The van der Waals surface area contributed by atoms with Gasteiger partial charge in [0.25, 0.3) is 0 Å². The Morgan fingerprint density at radius 1 is 0.818 bits per heavy atom. The van der Waals surface area contributed by atoms with Gasteiger partial charge in [-0.3, -0.25) is 0 Å². The molecule has 0 saturated carbocycles. The molecule has 0 unspecified atom stereocenters. The maximum atomic E-state index is 13.1. The summed E-state index contributed by atoms with van der Waals surface area (Å²) in [5, 5.41) is -6.09. The van der Waals surface area contributed by atoms with Crippen LogP contribution in [0.1, 0.15) is 6.92 Å². The maximum absolute atomic E-state index is 13.1. The predicted molar refractivity (Wildman–Crippen MR) is 57.7 cm³/mol. The van der Waals surface area contributed by atoms with Crippen molar-refractivity contribution in [3.05, 3.63) is 0 Å². The second kappa shape index (κ2) is 6.17. The van der Waals surface area contributed by atoms with Crippen LogP contribution in [0.25, 0.3) is 0 Å². The Bertz CT molecular complexity index is 417. The average Bonchev–Trinajstić information content (AvgIpc) is 2.25. The van der Waals surface area contributed by atoms with Crippen molar-refractivity contribution in [1.82, 2.24) is 0 Å². The highest BCUT2D eigenvalue weighted by Gasteiger charge is 2.87. The zero-order chi connectivity index (χ0) is 18.2. The van der Waals surface area contributed by atoms with Crippen LogP contribution in [0.4, 0.5) is 48.3 Å². The minimum absolute atomic E-state index is 0.456. The Morgan fingerprint density at radius 2 is 1.23 bits per heavy atom. The van der Waals surface area contributed by atoms with Crippen LogP contribution < -0.4 is 0 Å². The summed E-state index contributed by atoms with van der Waals surface area (Å²) in [5.74, 6) is -21.9. The molecular formula is C8H5F11OS2. The minimum Gasteiger partial charge on any atom is -0.479 e. The zero-order valence-corrected chi connectivity index (χ0v) is 11.7. The summed E-state index contributed by atoms with van der Waals surface area (Å²) in [6.07, 6.45) is -7.18. The number of thiocarbonyl (C=S) groups is 1.